The van der Waals surface area contributed by atoms with Gasteiger partial charge in [0, 0.05) is 17.1 Å². The van der Waals surface area contributed by atoms with Gasteiger partial charge in [0.1, 0.15) is 5.69 Å². The highest BCUT2D eigenvalue weighted by Crippen LogP contribution is 2.28. The summed E-state index contributed by atoms with van der Waals surface area (Å²) >= 11 is 5.80. The number of carboxylic acid groups (broad SMARTS) is 1. The molecule has 0 amide bonds. The third-order valence-corrected chi connectivity index (χ3v) is 2.86. The molecule has 0 aliphatic heterocycles. The van der Waals surface area contributed by atoms with Crippen LogP contribution < -0.4 is 5.73 Å². The number of rotatable bonds is 3. The van der Waals surface area contributed by atoms with Gasteiger partial charge in [0.2, 0.25) is 0 Å². The highest BCUT2D eigenvalue weighted by atomic mass is 35.5. The first-order valence-electron chi connectivity index (χ1n) is 5.40. The van der Waals surface area contributed by atoms with Crippen LogP contribution in [0.3, 0.4) is 0 Å². The van der Waals surface area contributed by atoms with Crippen LogP contribution in [0.1, 0.15) is 17.4 Å². The molecule has 0 atom stereocenters. The number of nitrogens with zero attached hydrogens (tertiary/aromatic N) is 2. The summed E-state index contributed by atoms with van der Waals surface area (Å²) in [5.74, 6) is -1.08. The van der Waals surface area contributed by atoms with Gasteiger partial charge in [0.15, 0.2) is 5.69 Å². The monoisotopic (exact) mass is 265 g/mol. The van der Waals surface area contributed by atoms with Gasteiger partial charge in [-0.1, -0.05) is 23.7 Å². The molecule has 0 spiro atoms. The second-order valence-corrected chi connectivity index (χ2v) is 4.18. The molecule has 0 radical (unpaired) electrons. The normalized spacial score (nSPS) is 10.6. The minimum atomic E-state index is -1.08. The number of carboxylic acids is 1. The molecule has 1 aromatic heterocycles. The number of aromatic carboxylic acids is 1. The number of nitrogen functional groups attached to an aromatic ring is 1. The summed E-state index contributed by atoms with van der Waals surface area (Å²) in [6.07, 6.45) is 0. The number of aryl methyl sites for hydroxylation is 1. The largest absolute Gasteiger partial charge is 0.476 e. The summed E-state index contributed by atoms with van der Waals surface area (Å²) in [5, 5.41) is 13.9. The van der Waals surface area contributed by atoms with E-state index in [0.717, 1.165) is 5.56 Å². The lowest BCUT2D eigenvalue weighted by Crippen LogP contribution is -2.10. The molecule has 0 aliphatic rings. The van der Waals surface area contributed by atoms with Crippen LogP contribution in [0.5, 0.6) is 0 Å². The molecule has 0 unspecified atom stereocenters. The molecule has 2 rings (SSSR count). The third-order valence-electron chi connectivity index (χ3n) is 2.61. The molecule has 6 heteroatoms. The zero-order chi connectivity index (χ0) is 13.3. The van der Waals surface area contributed by atoms with E-state index in [0.29, 0.717) is 17.3 Å². The Morgan fingerprint density at radius 2 is 2.06 bits per heavy atom. The van der Waals surface area contributed by atoms with E-state index in [2.05, 4.69) is 5.10 Å². The van der Waals surface area contributed by atoms with Crippen molar-refractivity contribution in [3.8, 4) is 11.3 Å². The molecule has 0 bridgehead atoms. The minimum Gasteiger partial charge on any atom is -0.476 e. The molecule has 0 fully saturated rings. The van der Waals surface area contributed by atoms with Crippen molar-refractivity contribution in [2.45, 2.75) is 13.5 Å². The fourth-order valence-electron chi connectivity index (χ4n) is 1.75. The zero-order valence-electron chi connectivity index (χ0n) is 9.72. The van der Waals surface area contributed by atoms with E-state index >= 15 is 0 Å². The molecule has 18 heavy (non-hydrogen) atoms. The quantitative estimate of drug-likeness (QED) is 0.893. The smallest absolute Gasteiger partial charge is 0.356 e. The molecule has 0 saturated carbocycles. The molecule has 1 heterocycles. The second kappa shape index (κ2) is 4.70. The molecule has 0 saturated heterocycles. The molecule has 5 nitrogen and oxygen atoms in total. The number of nitrogens with two attached hydrogens (primary N) is 1. The number of carbonyl (C=O) groups is 1. The van der Waals surface area contributed by atoms with E-state index in [1.165, 1.54) is 4.68 Å². The van der Waals surface area contributed by atoms with Gasteiger partial charge in [-0.3, -0.25) is 4.68 Å². The van der Waals surface area contributed by atoms with Crippen LogP contribution in [0, 0.1) is 0 Å². The molecule has 1 aromatic carbocycles. The van der Waals surface area contributed by atoms with Crippen molar-refractivity contribution in [1.29, 1.82) is 0 Å². The van der Waals surface area contributed by atoms with Gasteiger partial charge in [0.25, 0.3) is 0 Å². The molecule has 3 N–H and O–H groups in total. The summed E-state index contributed by atoms with van der Waals surface area (Å²) < 4.78 is 1.38. The number of anilines is 1. The Hall–Kier alpha value is -2.01. The number of aromatic nitrogens is 2. The lowest BCUT2D eigenvalue weighted by molar-refractivity contribution is 0.0684. The van der Waals surface area contributed by atoms with Gasteiger partial charge in [-0.15, -0.1) is 0 Å². The Balaban J connectivity index is 2.59. The molecular weight excluding hydrogens is 254 g/mol. The van der Waals surface area contributed by atoms with Crippen molar-refractivity contribution in [2.75, 3.05) is 5.73 Å². The predicted octanol–water partition coefficient (Wildman–Crippen LogP) is 2.50. The van der Waals surface area contributed by atoms with Gasteiger partial charge in [-0.25, -0.2) is 4.79 Å². The average Bonchev–Trinajstić information content (AvgIpc) is 2.67. The SMILES string of the molecule is CCn1nc(-c2ccc(Cl)cc2)c(N)c1C(=O)O. The van der Waals surface area contributed by atoms with E-state index in [1.807, 2.05) is 6.92 Å². The highest BCUT2D eigenvalue weighted by Gasteiger charge is 2.21. The number of benzene rings is 1. The van der Waals surface area contributed by atoms with Gasteiger partial charge >= 0.3 is 5.97 Å². The van der Waals surface area contributed by atoms with Crippen molar-refractivity contribution >= 4 is 23.3 Å². The maximum absolute atomic E-state index is 11.1. The highest BCUT2D eigenvalue weighted by molar-refractivity contribution is 6.30. The number of hydrogen-bond acceptors (Lipinski definition) is 3. The topological polar surface area (TPSA) is 81.1 Å². The van der Waals surface area contributed by atoms with Crippen LogP contribution in [0.4, 0.5) is 5.69 Å². The lowest BCUT2D eigenvalue weighted by atomic mass is 10.1. The second-order valence-electron chi connectivity index (χ2n) is 3.74. The minimum absolute atomic E-state index is 0.0162. The van der Waals surface area contributed by atoms with Crippen molar-refractivity contribution in [3.63, 3.8) is 0 Å². The lowest BCUT2D eigenvalue weighted by Gasteiger charge is -1.98. The van der Waals surface area contributed by atoms with Gasteiger partial charge < -0.3 is 10.8 Å². The Bertz CT molecular complexity index is 590. The third kappa shape index (κ3) is 2.04. The fourth-order valence-corrected chi connectivity index (χ4v) is 1.88. The number of halogens is 1. The van der Waals surface area contributed by atoms with Crippen LogP contribution >= 0.6 is 11.6 Å². The summed E-state index contributed by atoms with van der Waals surface area (Å²) in [7, 11) is 0. The van der Waals surface area contributed by atoms with Crippen LogP contribution in [0.25, 0.3) is 11.3 Å². The number of hydrogen-bond donors (Lipinski definition) is 2. The maximum atomic E-state index is 11.1. The Morgan fingerprint density at radius 1 is 1.44 bits per heavy atom. The first kappa shape index (κ1) is 12.4. The molecule has 94 valence electrons. The van der Waals surface area contributed by atoms with Crippen molar-refractivity contribution in [3.05, 3.63) is 35.0 Å². The van der Waals surface area contributed by atoms with E-state index in [9.17, 15) is 4.79 Å². The molecule has 2 aromatic rings. The van der Waals surface area contributed by atoms with Gasteiger partial charge in [0.05, 0.1) is 5.69 Å². The first-order valence-corrected chi connectivity index (χ1v) is 5.78. The van der Waals surface area contributed by atoms with E-state index in [-0.39, 0.29) is 11.4 Å². The average molecular weight is 266 g/mol. The Kier molecular flexibility index (Phi) is 3.25. The fraction of sp³-hybridized carbons (Fsp3) is 0.167. The van der Waals surface area contributed by atoms with Crippen molar-refractivity contribution < 1.29 is 9.90 Å². The maximum Gasteiger partial charge on any atom is 0.356 e. The zero-order valence-corrected chi connectivity index (χ0v) is 10.5. The van der Waals surface area contributed by atoms with Crippen LogP contribution in [0.2, 0.25) is 5.02 Å². The summed E-state index contributed by atoms with van der Waals surface area (Å²) in [4.78, 5) is 11.1. The summed E-state index contributed by atoms with van der Waals surface area (Å²) in [5.41, 5.74) is 7.25. The summed E-state index contributed by atoms with van der Waals surface area (Å²) in [6.45, 7) is 2.25. The first-order chi connectivity index (χ1) is 8.54. The van der Waals surface area contributed by atoms with Gasteiger partial charge in [-0.05, 0) is 19.1 Å². The van der Waals surface area contributed by atoms with Gasteiger partial charge in [-0.2, -0.15) is 5.10 Å². The van der Waals surface area contributed by atoms with Crippen molar-refractivity contribution in [2.24, 2.45) is 0 Å². The standard InChI is InChI=1S/C12H12ClN3O2/c1-2-16-11(12(17)18)9(14)10(15-16)7-3-5-8(13)6-4-7/h3-6H,2,14H2,1H3,(H,17,18). The van der Waals surface area contributed by atoms with Crippen LogP contribution in [0.15, 0.2) is 24.3 Å². The van der Waals surface area contributed by atoms with E-state index in [1.54, 1.807) is 24.3 Å². The Labute approximate surface area is 109 Å². The van der Waals surface area contributed by atoms with Crippen LogP contribution in [-0.2, 0) is 6.54 Å². The van der Waals surface area contributed by atoms with E-state index in [4.69, 9.17) is 22.4 Å². The van der Waals surface area contributed by atoms with Crippen LogP contribution in [-0.4, -0.2) is 20.9 Å². The van der Waals surface area contributed by atoms with Crippen molar-refractivity contribution in [1.82, 2.24) is 9.78 Å². The molecular formula is C12H12ClN3O2. The summed E-state index contributed by atoms with van der Waals surface area (Å²) in [6, 6.07) is 6.93. The predicted molar refractivity (Wildman–Crippen MR) is 69.7 cm³/mol. The van der Waals surface area contributed by atoms with E-state index < -0.39 is 5.97 Å². The Morgan fingerprint density at radius 3 is 2.50 bits per heavy atom. The molecule has 0 aliphatic carbocycles.